The van der Waals surface area contributed by atoms with Crippen molar-refractivity contribution in [3.05, 3.63) is 35.9 Å². The van der Waals surface area contributed by atoms with E-state index in [1.54, 1.807) is 0 Å². The molecule has 1 fully saturated rings. The van der Waals surface area contributed by atoms with Gasteiger partial charge in [-0.2, -0.15) is 0 Å². The highest BCUT2D eigenvalue weighted by atomic mass is 32.2. The standard InChI is InChI=1S/C14H21NO2S/c1-14(9-11-18(16,17)12-14)15-10-5-8-13-6-3-2-4-7-13/h2-4,6-7,15H,5,8-12H2,1H3. The van der Waals surface area contributed by atoms with Crippen molar-refractivity contribution in [2.75, 3.05) is 18.1 Å². The molecule has 0 aromatic heterocycles. The minimum atomic E-state index is -2.81. The third kappa shape index (κ3) is 3.82. The lowest BCUT2D eigenvalue weighted by Crippen LogP contribution is -2.43. The van der Waals surface area contributed by atoms with Crippen molar-refractivity contribution in [2.45, 2.75) is 31.7 Å². The predicted octanol–water partition coefficient (Wildman–Crippen LogP) is 1.79. The molecule has 2 rings (SSSR count). The number of aryl methyl sites for hydroxylation is 1. The number of rotatable bonds is 5. The van der Waals surface area contributed by atoms with Crippen molar-refractivity contribution in [2.24, 2.45) is 0 Å². The van der Waals surface area contributed by atoms with Crippen LogP contribution in [-0.4, -0.2) is 32.0 Å². The summed E-state index contributed by atoms with van der Waals surface area (Å²) in [6.45, 7) is 2.89. The van der Waals surface area contributed by atoms with E-state index in [-0.39, 0.29) is 11.3 Å². The van der Waals surface area contributed by atoms with Gasteiger partial charge in [0.25, 0.3) is 0 Å². The van der Waals surface area contributed by atoms with Gasteiger partial charge in [0.15, 0.2) is 9.84 Å². The van der Waals surface area contributed by atoms with E-state index < -0.39 is 9.84 Å². The lowest BCUT2D eigenvalue weighted by Gasteiger charge is -2.23. The Hall–Kier alpha value is -0.870. The van der Waals surface area contributed by atoms with Gasteiger partial charge in [-0.1, -0.05) is 30.3 Å². The Bertz CT molecular complexity index is 484. The lowest BCUT2D eigenvalue weighted by atomic mass is 10.0. The maximum Gasteiger partial charge on any atom is 0.152 e. The van der Waals surface area contributed by atoms with Gasteiger partial charge in [0.05, 0.1) is 11.5 Å². The lowest BCUT2D eigenvalue weighted by molar-refractivity contribution is 0.395. The van der Waals surface area contributed by atoms with E-state index in [9.17, 15) is 8.42 Å². The third-order valence-corrected chi connectivity index (χ3v) is 5.44. The van der Waals surface area contributed by atoms with E-state index in [0.29, 0.717) is 5.75 Å². The second-order valence-electron chi connectivity index (χ2n) is 5.42. The molecule has 0 spiro atoms. The Morgan fingerprint density at radius 2 is 2.00 bits per heavy atom. The van der Waals surface area contributed by atoms with Gasteiger partial charge in [0.2, 0.25) is 0 Å². The predicted molar refractivity (Wildman–Crippen MR) is 74.4 cm³/mol. The molecule has 18 heavy (non-hydrogen) atoms. The first kappa shape index (κ1) is 13.6. The maximum atomic E-state index is 11.5. The van der Waals surface area contributed by atoms with E-state index >= 15 is 0 Å². The summed E-state index contributed by atoms with van der Waals surface area (Å²) in [6.07, 6.45) is 2.82. The second-order valence-corrected chi connectivity index (χ2v) is 7.60. The number of nitrogens with one attached hydrogen (secondary N) is 1. The van der Waals surface area contributed by atoms with Crippen LogP contribution in [0, 0.1) is 0 Å². The van der Waals surface area contributed by atoms with Crippen LogP contribution in [0.25, 0.3) is 0 Å². The van der Waals surface area contributed by atoms with Gasteiger partial charge in [-0.3, -0.25) is 0 Å². The van der Waals surface area contributed by atoms with Gasteiger partial charge in [0.1, 0.15) is 0 Å². The van der Waals surface area contributed by atoms with E-state index in [4.69, 9.17) is 0 Å². The van der Waals surface area contributed by atoms with E-state index in [1.165, 1.54) is 5.56 Å². The molecule has 4 heteroatoms. The first-order valence-corrected chi connectivity index (χ1v) is 8.31. The molecule has 0 amide bonds. The minimum absolute atomic E-state index is 0.213. The van der Waals surface area contributed by atoms with Crippen LogP contribution in [-0.2, 0) is 16.3 Å². The van der Waals surface area contributed by atoms with E-state index in [0.717, 1.165) is 25.8 Å². The van der Waals surface area contributed by atoms with Crippen molar-refractivity contribution in [1.29, 1.82) is 0 Å². The van der Waals surface area contributed by atoms with Crippen LogP contribution in [0.1, 0.15) is 25.3 Å². The van der Waals surface area contributed by atoms with Crippen LogP contribution >= 0.6 is 0 Å². The molecule has 1 N–H and O–H groups in total. The zero-order valence-electron chi connectivity index (χ0n) is 10.9. The monoisotopic (exact) mass is 267 g/mol. The summed E-state index contributed by atoms with van der Waals surface area (Å²) >= 11 is 0. The van der Waals surface area contributed by atoms with Crippen LogP contribution < -0.4 is 5.32 Å². The molecule has 1 heterocycles. The summed E-state index contributed by atoms with van der Waals surface area (Å²) in [4.78, 5) is 0. The molecule has 1 atom stereocenters. The molecule has 1 saturated heterocycles. The van der Waals surface area contributed by atoms with Crippen LogP contribution in [0.5, 0.6) is 0 Å². The summed E-state index contributed by atoms with van der Waals surface area (Å²) in [5, 5.41) is 3.40. The van der Waals surface area contributed by atoms with Gasteiger partial charge in [-0.05, 0) is 38.3 Å². The molecule has 100 valence electrons. The fraction of sp³-hybridized carbons (Fsp3) is 0.571. The van der Waals surface area contributed by atoms with Crippen LogP contribution in [0.15, 0.2) is 30.3 Å². The van der Waals surface area contributed by atoms with Crippen molar-refractivity contribution in [1.82, 2.24) is 5.32 Å². The van der Waals surface area contributed by atoms with Gasteiger partial charge in [0, 0.05) is 5.54 Å². The first-order chi connectivity index (χ1) is 8.49. The Labute approximate surface area is 110 Å². The van der Waals surface area contributed by atoms with Crippen molar-refractivity contribution < 1.29 is 8.42 Å². The quantitative estimate of drug-likeness (QED) is 0.827. The van der Waals surface area contributed by atoms with Crippen molar-refractivity contribution in [3.8, 4) is 0 Å². The molecule has 1 aromatic rings. The van der Waals surface area contributed by atoms with Crippen LogP contribution in [0.4, 0.5) is 0 Å². The Morgan fingerprint density at radius 3 is 2.61 bits per heavy atom. The van der Waals surface area contributed by atoms with E-state index in [1.807, 2.05) is 25.1 Å². The summed E-state index contributed by atoms with van der Waals surface area (Å²) in [6, 6.07) is 10.4. The Balaban J connectivity index is 1.73. The minimum Gasteiger partial charge on any atom is -0.310 e. The largest absolute Gasteiger partial charge is 0.310 e. The average molecular weight is 267 g/mol. The molecule has 1 aromatic carbocycles. The SMILES string of the molecule is CC1(NCCCc2ccccc2)CCS(=O)(=O)C1. The fourth-order valence-corrected chi connectivity index (χ4v) is 4.60. The first-order valence-electron chi connectivity index (χ1n) is 6.49. The zero-order chi connectivity index (χ0) is 13.1. The van der Waals surface area contributed by atoms with Crippen LogP contribution in [0.3, 0.4) is 0 Å². The van der Waals surface area contributed by atoms with E-state index in [2.05, 4.69) is 17.4 Å². The molecule has 0 bridgehead atoms. The molecule has 1 unspecified atom stereocenters. The maximum absolute atomic E-state index is 11.5. The Kier molecular flexibility index (Phi) is 4.07. The molecule has 3 nitrogen and oxygen atoms in total. The van der Waals surface area contributed by atoms with Crippen molar-refractivity contribution in [3.63, 3.8) is 0 Å². The highest BCUT2D eigenvalue weighted by Crippen LogP contribution is 2.22. The highest BCUT2D eigenvalue weighted by Gasteiger charge is 2.37. The third-order valence-electron chi connectivity index (χ3n) is 3.54. The molecule has 0 aliphatic carbocycles. The summed E-state index contributed by atoms with van der Waals surface area (Å²) in [7, 11) is -2.81. The van der Waals surface area contributed by atoms with Crippen LogP contribution in [0.2, 0.25) is 0 Å². The van der Waals surface area contributed by atoms with Gasteiger partial charge in [-0.15, -0.1) is 0 Å². The molecule has 0 radical (unpaired) electrons. The molecule has 1 aliphatic heterocycles. The fourth-order valence-electron chi connectivity index (χ4n) is 2.48. The number of hydrogen-bond acceptors (Lipinski definition) is 3. The topological polar surface area (TPSA) is 46.2 Å². The number of sulfone groups is 1. The smallest absolute Gasteiger partial charge is 0.152 e. The molecular formula is C14H21NO2S. The Morgan fingerprint density at radius 1 is 1.28 bits per heavy atom. The highest BCUT2D eigenvalue weighted by molar-refractivity contribution is 7.91. The number of hydrogen-bond donors (Lipinski definition) is 1. The van der Waals surface area contributed by atoms with Gasteiger partial charge >= 0.3 is 0 Å². The normalized spacial score (nSPS) is 26.3. The molecule has 0 saturated carbocycles. The molecular weight excluding hydrogens is 246 g/mol. The molecule has 1 aliphatic rings. The van der Waals surface area contributed by atoms with Gasteiger partial charge < -0.3 is 5.32 Å². The van der Waals surface area contributed by atoms with Crippen molar-refractivity contribution >= 4 is 9.84 Å². The zero-order valence-corrected chi connectivity index (χ0v) is 11.7. The average Bonchev–Trinajstić information content (AvgIpc) is 2.61. The summed E-state index contributed by atoms with van der Waals surface area (Å²) in [5.41, 5.74) is 1.12. The number of benzene rings is 1. The summed E-state index contributed by atoms with van der Waals surface area (Å²) < 4.78 is 22.9. The van der Waals surface area contributed by atoms with Gasteiger partial charge in [-0.25, -0.2) is 8.42 Å². The summed E-state index contributed by atoms with van der Waals surface area (Å²) in [5.74, 6) is 0.612. The second kappa shape index (κ2) is 5.41.